The van der Waals surface area contributed by atoms with Gasteiger partial charge in [-0.1, -0.05) is 0 Å². The van der Waals surface area contributed by atoms with Gasteiger partial charge in [-0.15, -0.1) is 12.4 Å². The highest BCUT2D eigenvalue weighted by Crippen LogP contribution is 2.03. The molecule has 1 heterocycles. The van der Waals surface area contributed by atoms with Crippen molar-refractivity contribution in [2.45, 2.75) is 19.4 Å². The third kappa shape index (κ3) is 7.42. The van der Waals surface area contributed by atoms with Crippen LogP contribution in [0.25, 0.3) is 0 Å². The quantitative estimate of drug-likeness (QED) is 0.718. The van der Waals surface area contributed by atoms with Crippen molar-refractivity contribution in [3.05, 3.63) is 0 Å². The number of hydrogen-bond donors (Lipinski definition) is 1. The molecule has 0 spiro atoms. The smallest absolute Gasteiger partial charge is 0.223 e. The molecule has 1 saturated heterocycles. The molecule has 0 aromatic heterocycles. The molecule has 1 aliphatic rings. The summed E-state index contributed by atoms with van der Waals surface area (Å²) in [6.45, 7) is 5.71. The van der Waals surface area contributed by atoms with E-state index in [-0.39, 0.29) is 30.1 Å². The van der Waals surface area contributed by atoms with E-state index in [1.165, 1.54) is 6.26 Å². The van der Waals surface area contributed by atoms with E-state index < -0.39 is 9.84 Å². The molecule has 0 bridgehead atoms. The third-order valence-corrected chi connectivity index (χ3v) is 4.53. The van der Waals surface area contributed by atoms with Crippen LogP contribution in [0.4, 0.5) is 0 Å². The first kappa shape index (κ1) is 19.6. The van der Waals surface area contributed by atoms with E-state index in [1.54, 1.807) is 0 Å². The minimum atomic E-state index is -2.97. The standard InChI is InChI=1S/C12H25N3O3S.ClH/c1-11(10-19(3,17)18)14(2)7-4-12(16)15-8-5-13-6-9-15;/h11,13H,4-10H2,1-3H3;1H. The fourth-order valence-electron chi connectivity index (χ4n) is 2.13. The molecule has 1 fully saturated rings. The number of amides is 1. The molecule has 1 atom stereocenters. The highest BCUT2D eigenvalue weighted by Gasteiger charge is 2.19. The Hall–Kier alpha value is -0.370. The Morgan fingerprint density at radius 3 is 2.40 bits per heavy atom. The van der Waals surface area contributed by atoms with Crippen molar-refractivity contribution in [1.29, 1.82) is 0 Å². The second-order valence-electron chi connectivity index (χ2n) is 5.30. The average Bonchev–Trinajstić information content (AvgIpc) is 2.34. The lowest BCUT2D eigenvalue weighted by atomic mass is 10.2. The topological polar surface area (TPSA) is 69.7 Å². The SMILES string of the molecule is CC(CS(C)(=O)=O)N(C)CCC(=O)N1CCNCC1.Cl. The summed E-state index contributed by atoms with van der Waals surface area (Å²) in [6.07, 6.45) is 1.69. The summed E-state index contributed by atoms with van der Waals surface area (Å²) in [7, 11) is -1.11. The maximum atomic E-state index is 12.0. The van der Waals surface area contributed by atoms with Crippen LogP contribution in [0.3, 0.4) is 0 Å². The van der Waals surface area contributed by atoms with Gasteiger partial charge in [-0.2, -0.15) is 0 Å². The van der Waals surface area contributed by atoms with Crippen molar-refractivity contribution in [3.8, 4) is 0 Å². The lowest BCUT2D eigenvalue weighted by Crippen LogP contribution is -2.47. The first-order chi connectivity index (χ1) is 8.79. The number of hydrogen-bond acceptors (Lipinski definition) is 5. The van der Waals surface area contributed by atoms with E-state index in [0.717, 1.165) is 26.2 Å². The number of sulfone groups is 1. The lowest BCUT2D eigenvalue weighted by molar-refractivity contribution is -0.132. The van der Waals surface area contributed by atoms with Crippen LogP contribution >= 0.6 is 12.4 Å². The van der Waals surface area contributed by atoms with Crippen LogP contribution in [0, 0.1) is 0 Å². The maximum absolute atomic E-state index is 12.0. The summed E-state index contributed by atoms with van der Waals surface area (Å²) in [5.74, 6) is 0.283. The van der Waals surface area contributed by atoms with Crippen molar-refractivity contribution < 1.29 is 13.2 Å². The number of rotatable bonds is 6. The molecule has 0 aromatic rings. The zero-order valence-electron chi connectivity index (χ0n) is 12.5. The van der Waals surface area contributed by atoms with Gasteiger partial charge in [0.25, 0.3) is 0 Å². The number of nitrogens with one attached hydrogen (secondary N) is 1. The van der Waals surface area contributed by atoms with Gasteiger partial charge >= 0.3 is 0 Å². The van der Waals surface area contributed by atoms with Gasteiger partial charge in [-0.05, 0) is 14.0 Å². The molecule has 0 aromatic carbocycles. The van der Waals surface area contributed by atoms with Gasteiger partial charge in [0.2, 0.25) is 5.91 Å². The number of carbonyl (C=O) groups excluding carboxylic acids is 1. The molecular weight excluding hydrogens is 302 g/mol. The molecule has 1 amide bonds. The van der Waals surface area contributed by atoms with Crippen LogP contribution in [0.5, 0.6) is 0 Å². The lowest BCUT2D eigenvalue weighted by Gasteiger charge is -2.29. The number of nitrogens with zero attached hydrogens (tertiary/aromatic N) is 2. The average molecular weight is 328 g/mol. The second kappa shape index (κ2) is 8.81. The molecule has 6 nitrogen and oxygen atoms in total. The van der Waals surface area contributed by atoms with E-state index in [1.807, 2.05) is 23.8 Å². The van der Waals surface area contributed by atoms with E-state index in [2.05, 4.69) is 5.32 Å². The number of carbonyl (C=O) groups is 1. The molecule has 1 N–H and O–H groups in total. The second-order valence-corrected chi connectivity index (χ2v) is 7.49. The molecule has 1 aliphatic heterocycles. The summed E-state index contributed by atoms with van der Waals surface area (Å²) < 4.78 is 22.4. The maximum Gasteiger partial charge on any atom is 0.223 e. The fraction of sp³-hybridized carbons (Fsp3) is 0.917. The minimum Gasteiger partial charge on any atom is -0.340 e. The van der Waals surface area contributed by atoms with Crippen LogP contribution in [-0.4, -0.2) is 81.9 Å². The Morgan fingerprint density at radius 2 is 1.90 bits per heavy atom. The zero-order chi connectivity index (χ0) is 14.5. The monoisotopic (exact) mass is 327 g/mol. The van der Waals surface area contributed by atoms with Crippen LogP contribution < -0.4 is 5.32 Å². The predicted molar refractivity (Wildman–Crippen MR) is 83.1 cm³/mol. The Bertz CT molecular complexity index is 397. The number of halogens is 1. The molecule has 20 heavy (non-hydrogen) atoms. The van der Waals surface area contributed by atoms with Crippen molar-refractivity contribution in [1.82, 2.24) is 15.1 Å². The van der Waals surface area contributed by atoms with Gasteiger partial charge in [0.1, 0.15) is 9.84 Å². The number of piperazine rings is 1. The Morgan fingerprint density at radius 1 is 1.35 bits per heavy atom. The van der Waals surface area contributed by atoms with Gasteiger partial charge in [-0.3, -0.25) is 4.79 Å². The van der Waals surface area contributed by atoms with E-state index in [0.29, 0.717) is 13.0 Å². The molecule has 8 heteroatoms. The molecule has 0 saturated carbocycles. The first-order valence-electron chi connectivity index (χ1n) is 6.66. The largest absolute Gasteiger partial charge is 0.340 e. The van der Waals surface area contributed by atoms with Crippen LogP contribution in [0.2, 0.25) is 0 Å². The molecule has 120 valence electrons. The highest BCUT2D eigenvalue weighted by atomic mass is 35.5. The van der Waals surface area contributed by atoms with Gasteiger partial charge in [-0.25, -0.2) is 8.42 Å². The summed E-state index contributed by atoms with van der Waals surface area (Å²) in [5.41, 5.74) is 0. The van der Waals surface area contributed by atoms with Crippen molar-refractivity contribution in [3.63, 3.8) is 0 Å². The predicted octanol–water partition coefficient (Wildman–Crippen LogP) is -0.405. The summed E-state index contributed by atoms with van der Waals surface area (Å²) in [4.78, 5) is 15.8. The minimum absolute atomic E-state index is 0. The molecule has 0 radical (unpaired) electrons. The summed E-state index contributed by atoms with van der Waals surface area (Å²) in [5, 5.41) is 3.21. The van der Waals surface area contributed by atoms with Crippen LogP contribution in [-0.2, 0) is 14.6 Å². The molecule has 0 aliphatic carbocycles. The molecular formula is C12H26ClN3O3S. The van der Waals surface area contributed by atoms with Crippen molar-refractivity contribution in [2.75, 3.05) is 51.8 Å². The Kier molecular flexibility index (Phi) is 8.65. The fourth-order valence-corrected chi connectivity index (χ4v) is 3.26. The first-order valence-corrected chi connectivity index (χ1v) is 8.72. The van der Waals surface area contributed by atoms with Crippen molar-refractivity contribution in [2.24, 2.45) is 0 Å². The van der Waals surface area contributed by atoms with Gasteiger partial charge in [0, 0.05) is 51.4 Å². The van der Waals surface area contributed by atoms with E-state index >= 15 is 0 Å². The van der Waals surface area contributed by atoms with Crippen molar-refractivity contribution >= 4 is 28.2 Å². The Balaban J connectivity index is 0.00000361. The summed E-state index contributed by atoms with van der Waals surface area (Å²) >= 11 is 0. The van der Waals surface area contributed by atoms with Gasteiger partial charge < -0.3 is 15.1 Å². The van der Waals surface area contributed by atoms with Crippen LogP contribution in [0.1, 0.15) is 13.3 Å². The molecule has 1 rings (SSSR count). The normalized spacial score (nSPS) is 17.7. The highest BCUT2D eigenvalue weighted by molar-refractivity contribution is 7.90. The van der Waals surface area contributed by atoms with Gasteiger partial charge in [0.05, 0.1) is 5.75 Å². The van der Waals surface area contributed by atoms with Crippen LogP contribution in [0.15, 0.2) is 0 Å². The zero-order valence-corrected chi connectivity index (χ0v) is 14.1. The van der Waals surface area contributed by atoms with E-state index in [9.17, 15) is 13.2 Å². The summed E-state index contributed by atoms with van der Waals surface area (Å²) in [6, 6.07) is -0.0641. The Labute approximate surface area is 128 Å². The molecule has 1 unspecified atom stereocenters. The van der Waals surface area contributed by atoms with Gasteiger partial charge in [0.15, 0.2) is 0 Å². The third-order valence-electron chi connectivity index (χ3n) is 3.44. The van der Waals surface area contributed by atoms with E-state index in [4.69, 9.17) is 0 Å².